The average molecular weight is 486 g/mol. The number of hydrogen-bond donors (Lipinski definition) is 0. The van der Waals surface area contributed by atoms with Gasteiger partial charge in [-0.1, -0.05) is 42.5 Å². The zero-order chi connectivity index (χ0) is 25.1. The Balaban J connectivity index is 1.20. The van der Waals surface area contributed by atoms with Crippen molar-refractivity contribution in [1.82, 2.24) is 14.7 Å². The fourth-order valence-corrected chi connectivity index (χ4v) is 5.37. The summed E-state index contributed by atoms with van der Waals surface area (Å²) in [6.07, 6.45) is 3.59. The smallest absolute Gasteiger partial charge is 0.269 e. The highest BCUT2D eigenvalue weighted by molar-refractivity contribution is 5.80. The molecule has 1 aromatic heterocycles. The number of carbonyl (C=O) groups is 1. The number of hydrogen-bond acceptors (Lipinski definition) is 5. The van der Waals surface area contributed by atoms with Gasteiger partial charge in [0.15, 0.2) is 0 Å². The molecule has 7 heteroatoms. The summed E-state index contributed by atoms with van der Waals surface area (Å²) in [4.78, 5) is 32.7. The summed E-state index contributed by atoms with van der Waals surface area (Å²) in [7, 11) is 0. The van der Waals surface area contributed by atoms with Crippen molar-refractivity contribution in [2.24, 2.45) is 5.92 Å². The minimum Gasteiger partial charge on any atom is -0.369 e. The van der Waals surface area contributed by atoms with E-state index in [1.165, 1.54) is 21.5 Å². The first-order valence-electron chi connectivity index (χ1n) is 12.9. The van der Waals surface area contributed by atoms with E-state index in [1.807, 2.05) is 35.2 Å². The second kappa shape index (κ2) is 10.6. The van der Waals surface area contributed by atoms with E-state index in [0.717, 1.165) is 56.8 Å². The maximum Gasteiger partial charge on any atom is 0.269 e. The topological polar surface area (TPSA) is 61.7 Å². The van der Waals surface area contributed by atoms with Gasteiger partial charge in [-0.25, -0.2) is 4.68 Å². The van der Waals surface area contributed by atoms with Gasteiger partial charge in [-0.15, -0.1) is 0 Å². The molecule has 0 unspecified atom stereocenters. The van der Waals surface area contributed by atoms with Crippen molar-refractivity contribution in [1.29, 1.82) is 0 Å². The quantitative estimate of drug-likeness (QED) is 0.554. The summed E-state index contributed by atoms with van der Waals surface area (Å²) < 4.78 is 1.49. The molecule has 3 aromatic rings. The van der Waals surface area contributed by atoms with Gasteiger partial charge in [0.05, 0.1) is 24.3 Å². The largest absolute Gasteiger partial charge is 0.369 e. The van der Waals surface area contributed by atoms with Crippen LogP contribution in [0.2, 0.25) is 0 Å². The molecule has 0 N–H and O–H groups in total. The number of aromatic nitrogens is 2. The highest BCUT2D eigenvalue weighted by Crippen LogP contribution is 2.26. The first-order valence-corrected chi connectivity index (χ1v) is 12.9. The van der Waals surface area contributed by atoms with Gasteiger partial charge in [0.25, 0.3) is 5.56 Å². The van der Waals surface area contributed by atoms with E-state index in [-0.39, 0.29) is 17.4 Å². The molecule has 0 saturated carbocycles. The molecule has 1 amide bonds. The van der Waals surface area contributed by atoms with Crippen molar-refractivity contribution < 1.29 is 4.79 Å². The normalized spacial score (nSPS) is 18.4. The number of aryl methyl sites for hydroxylation is 2. The fourth-order valence-electron chi connectivity index (χ4n) is 5.37. The SMILES string of the molecule is Cc1ccc(C)c(N2CCN(C(=O)[C@H]3CCCN(c4cnn(Cc5ccccc5)c(=O)c4)C3)CC2)c1. The Morgan fingerprint density at radius 1 is 0.944 bits per heavy atom. The molecule has 2 aliphatic rings. The first-order chi connectivity index (χ1) is 17.5. The Kier molecular flexibility index (Phi) is 7.07. The van der Waals surface area contributed by atoms with Crippen LogP contribution in [0.4, 0.5) is 11.4 Å². The molecule has 36 heavy (non-hydrogen) atoms. The summed E-state index contributed by atoms with van der Waals surface area (Å²) in [6.45, 7) is 9.42. The van der Waals surface area contributed by atoms with E-state index < -0.39 is 0 Å². The fraction of sp³-hybridized carbons (Fsp3) is 0.414. The standard InChI is InChI=1S/C29H35N5O2/c1-22-10-11-23(2)27(17-22)31-13-15-32(16-14-31)29(36)25-9-6-12-33(21-25)26-18-28(35)34(30-19-26)20-24-7-4-3-5-8-24/h3-5,7-8,10-11,17-19,25H,6,9,12-16,20-21H2,1-2H3/t25-/m0/s1. The van der Waals surface area contributed by atoms with Gasteiger partial charge >= 0.3 is 0 Å². The number of anilines is 2. The Morgan fingerprint density at radius 3 is 2.47 bits per heavy atom. The molecule has 7 nitrogen and oxygen atoms in total. The molecule has 1 atom stereocenters. The van der Waals surface area contributed by atoms with Gasteiger partial charge in [0.2, 0.25) is 5.91 Å². The monoisotopic (exact) mass is 485 g/mol. The van der Waals surface area contributed by atoms with Crippen LogP contribution in [0.1, 0.15) is 29.5 Å². The first kappa shape index (κ1) is 24.1. The third-order valence-corrected chi connectivity index (χ3v) is 7.46. The highest BCUT2D eigenvalue weighted by atomic mass is 16.2. The van der Waals surface area contributed by atoms with Crippen molar-refractivity contribution in [3.63, 3.8) is 0 Å². The Labute approximate surface area is 212 Å². The van der Waals surface area contributed by atoms with Crippen molar-refractivity contribution >= 4 is 17.3 Å². The lowest BCUT2D eigenvalue weighted by Crippen LogP contribution is -2.52. The van der Waals surface area contributed by atoms with Crippen molar-refractivity contribution in [2.45, 2.75) is 33.2 Å². The Hall–Kier alpha value is -3.61. The second-order valence-corrected chi connectivity index (χ2v) is 10.1. The minimum atomic E-state index is -0.118. The molecular weight excluding hydrogens is 450 g/mol. The highest BCUT2D eigenvalue weighted by Gasteiger charge is 2.31. The van der Waals surface area contributed by atoms with E-state index in [0.29, 0.717) is 13.1 Å². The summed E-state index contributed by atoms with van der Waals surface area (Å²) in [5.41, 5.74) is 5.55. The third kappa shape index (κ3) is 5.30. The van der Waals surface area contributed by atoms with Crippen molar-refractivity contribution in [3.8, 4) is 0 Å². The molecule has 0 radical (unpaired) electrons. The molecule has 0 bridgehead atoms. The molecular formula is C29H35N5O2. The van der Waals surface area contributed by atoms with Gasteiger partial charge in [-0.3, -0.25) is 9.59 Å². The lowest BCUT2D eigenvalue weighted by atomic mass is 9.95. The van der Waals surface area contributed by atoms with Gasteiger partial charge < -0.3 is 14.7 Å². The number of benzene rings is 2. The van der Waals surface area contributed by atoms with Crippen LogP contribution in [0.15, 0.2) is 65.6 Å². The number of carbonyl (C=O) groups excluding carboxylic acids is 1. The van der Waals surface area contributed by atoms with Crippen LogP contribution in [-0.2, 0) is 11.3 Å². The molecule has 0 spiro atoms. The van der Waals surface area contributed by atoms with Crippen LogP contribution in [0.5, 0.6) is 0 Å². The zero-order valence-corrected chi connectivity index (χ0v) is 21.3. The minimum absolute atomic E-state index is 0.0437. The molecule has 2 saturated heterocycles. The molecule has 3 heterocycles. The zero-order valence-electron chi connectivity index (χ0n) is 21.3. The van der Waals surface area contributed by atoms with Crippen LogP contribution < -0.4 is 15.4 Å². The summed E-state index contributed by atoms with van der Waals surface area (Å²) in [6, 6.07) is 18.1. The third-order valence-electron chi connectivity index (χ3n) is 7.46. The number of piperazine rings is 1. The van der Waals surface area contributed by atoms with E-state index in [9.17, 15) is 9.59 Å². The van der Waals surface area contributed by atoms with Crippen LogP contribution in [0.3, 0.4) is 0 Å². The summed E-state index contributed by atoms with van der Waals surface area (Å²) >= 11 is 0. The molecule has 188 valence electrons. The molecule has 2 aromatic carbocycles. The van der Waals surface area contributed by atoms with E-state index >= 15 is 0 Å². The van der Waals surface area contributed by atoms with Crippen molar-refractivity contribution in [3.05, 3.63) is 87.8 Å². The number of piperidine rings is 1. The maximum absolute atomic E-state index is 13.4. The van der Waals surface area contributed by atoms with Crippen LogP contribution in [0, 0.1) is 19.8 Å². The van der Waals surface area contributed by atoms with Gasteiger partial charge in [-0.05, 0) is 49.4 Å². The number of amides is 1. The average Bonchev–Trinajstić information content (AvgIpc) is 2.91. The predicted octanol–water partition coefficient (Wildman–Crippen LogP) is 3.47. The maximum atomic E-state index is 13.4. The Bertz CT molecular complexity index is 1260. The van der Waals surface area contributed by atoms with E-state index in [4.69, 9.17) is 0 Å². The molecule has 5 rings (SSSR count). The van der Waals surface area contributed by atoms with Crippen LogP contribution in [0.25, 0.3) is 0 Å². The summed E-state index contributed by atoms with van der Waals surface area (Å²) in [5, 5.41) is 4.42. The summed E-state index contributed by atoms with van der Waals surface area (Å²) in [5.74, 6) is 0.198. The lowest BCUT2D eigenvalue weighted by molar-refractivity contribution is -0.136. The lowest BCUT2D eigenvalue weighted by Gasteiger charge is -2.40. The molecule has 2 aliphatic heterocycles. The van der Waals surface area contributed by atoms with Crippen LogP contribution >= 0.6 is 0 Å². The Morgan fingerprint density at radius 2 is 1.72 bits per heavy atom. The van der Waals surface area contributed by atoms with E-state index in [2.05, 4.69) is 46.9 Å². The number of rotatable bonds is 5. The second-order valence-electron chi connectivity index (χ2n) is 10.1. The van der Waals surface area contributed by atoms with Crippen LogP contribution in [-0.4, -0.2) is 59.9 Å². The molecule has 2 fully saturated rings. The van der Waals surface area contributed by atoms with Crippen molar-refractivity contribution in [2.75, 3.05) is 49.1 Å². The van der Waals surface area contributed by atoms with E-state index in [1.54, 1.807) is 12.3 Å². The molecule has 0 aliphatic carbocycles. The van der Waals surface area contributed by atoms with Gasteiger partial charge in [0.1, 0.15) is 0 Å². The predicted molar refractivity (Wildman–Crippen MR) is 144 cm³/mol. The van der Waals surface area contributed by atoms with Gasteiger partial charge in [-0.2, -0.15) is 5.10 Å². The number of nitrogens with zero attached hydrogens (tertiary/aromatic N) is 5. The van der Waals surface area contributed by atoms with Gasteiger partial charge in [0, 0.05) is 51.0 Å².